The molecule has 1 atom stereocenters. The van der Waals surface area contributed by atoms with E-state index < -0.39 is 6.04 Å². The molecule has 0 spiro atoms. The minimum Gasteiger partial charge on any atom is -0.383 e. The van der Waals surface area contributed by atoms with Crippen molar-refractivity contribution in [3.8, 4) is 0 Å². The van der Waals surface area contributed by atoms with Crippen LogP contribution in [0.3, 0.4) is 0 Å². The fraction of sp³-hybridized carbons (Fsp3) is 0.625. The molecule has 3 amide bonds. The van der Waals surface area contributed by atoms with Crippen molar-refractivity contribution in [3.05, 3.63) is 11.9 Å². The molecule has 1 aromatic heterocycles. The molecule has 0 aromatic carbocycles. The Balaban J connectivity index is 1.99. The maximum atomic E-state index is 12.9. The van der Waals surface area contributed by atoms with Crippen LogP contribution in [0.5, 0.6) is 0 Å². The average molecular weight is 334 g/mol. The molecule has 2 aliphatic heterocycles. The van der Waals surface area contributed by atoms with Crippen LogP contribution in [0.1, 0.15) is 31.5 Å². The topological polar surface area (TPSA) is 71.0 Å². The lowest BCUT2D eigenvalue weighted by Gasteiger charge is -2.32. The number of rotatable bonds is 6. The van der Waals surface area contributed by atoms with Crippen LogP contribution in [0, 0.1) is 6.92 Å². The largest absolute Gasteiger partial charge is 0.401 e. The molecule has 1 saturated heterocycles. The van der Waals surface area contributed by atoms with E-state index in [1.165, 1.54) is 9.80 Å². The number of amidine groups is 1. The molecule has 24 heavy (non-hydrogen) atoms. The van der Waals surface area contributed by atoms with Gasteiger partial charge in [0.25, 0.3) is 5.91 Å². The number of hydrogen-bond donors (Lipinski definition) is 0. The van der Waals surface area contributed by atoms with Gasteiger partial charge in [-0.15, -0.1) is 0 Å². The van der Waals surface area contributed by atoms with Crippen LogP contribution in [0.25, 0.3) is 0 Å². The Bertz CT molecular complexity index is 709. The Morgan fingerprint density at radius 3 is 2.75 bits per heavy atom. The first kappa shape index (κ1) is 16.6. The van der Waals surface area contributed by atoms with Gasteiger partial charge in [-0.2, -0.15) is 0 Å². The van der Waals surface area contributed by atoms with Crippen molar-refractivity contribution >= 4 is 23.7 Å². The van der Waals surface area contributed by atoms with Crippen molar-refractivity contribution in [2.24, 2.45) is 4.99 Å². The van der Waals surface area contributed by atoms with Gasteiger partial charge in [0, 0.05) is 14.2 Å². The van der Waals surface area contributed by atoms with Crippen molar-refractivity contribution in [2.45, 2.75) is 39.3 Å². The maximum absolute atomic E-state index is 12.9. The molecule has 8 heteroatoms. The summed E-state index contributed by atoms with van der Waals surface area (Å²) < 4.78 is 9.01. The van der Waals surface area contributed by atoms with E-state index in [0.717, 1.165) is 31.0 Å². The zero-order chi connectivity index (χ0) is 17.4. The summed E-state index contributed by atoms with van der Waals surface area (Å²) in [5.74, 6) is 0.992. The number of aryl methyl sites for hydroxylation is 1. The summed E-state index contributed by atoms with van der Waals surface area (Å²) in [7, 11) is 3.21. The average Bonchev–Trinajstić information content (AvgIpc) is 3.06. The number of amides is 3. The van der Waals surface area contributed by atoms with Crippen LogP contribution >= 0.6 is 0 Å². The molecule has 0 bridgehead atoms. The van der Waals surface area contributed by atoms with Crippen molar-refractivity contribution in [1.82, 2.24) is 14.4 Å². The highest BCUT2D eigenvalue weighted by atomic mass is 16.5. The number of imide groups is 1. The highest BCUT2D eigenvalue weighted by Gasteiger charge is 2.52. The minimum absolute atomic E-state index is 0.244. The van der Waals surface area contributed by atoms with Crippen molar-refractivity contribution < 1.29 is 18.9 Å². The molecule has 8 nitrogen and oxygen atoms in total. The number of imidazole rings is 1. The molecular weight excluding hydrogens is 310 g/mol. The van der Waals surface area contributed by atoms with Crippen molar-refractivity contribution in [1.29, 1.82) is 0 Å². The highest BCUT2D eigenvalue weighted by molar-refractivity contribution is 6.19. The third-order valence-electron chi connectivity index (χ3n) is 4.58. The molecule has 1 fully saturated rings. The maximum Gasteiger partial charge on any atom is 0.401 e. The van der Waals surface area contributed by atoms with Crippen LogP contribution < -0.4 is 4.57 Å². The number of aromatic nitrogens is 2. The Morgan fingerprint density at radius 2 is 2.08 bits per heavy atom. The summed E-state index contributed by atoms with van der Waals surface area (Å²) in [5, 5.41) is 0. The van der Waals surface area contributed by atoms with Gasteiger partial charge in [0.2, 0.25) is 11.9 Å². The molecule has 3 rings (SSSR count). The zero-order valence-corrected chi connectivity index (χ0v) is 14.7. The molecule has 130 valence electrons. The summed E-state index contributed by atoms with van der Waals surface area (Å²) in [5.41, 5.74) is 1.07. The number of carbonyl (C=O) groups is 2. The smallest absolute Gasteiger partial charge is 0.383 e. The molecule has 0 saturated carbocycles. The van der Waals surface area contributed by atoms with Crippen LogP contribution in [0.2, 0.25) is 0 Å². The number of aliphatic imine (C=N–C) groups is 1. The summed E-state index contributed by atoms with van der Waals surface area (Å²) in [6.45, 7) is 5.57. The number of ether oxygens (including phenoxy) is 1. The number of likely N-dealkylation sites (N-methyl/N-ethyl adjacent to an activating group) is 1. The van der Waals surface area contributed by atoms with E-state index in [9.17, 15) is 9.59 Å². The SMILES string of the molecule is CCCCn1c(C)c[n+]2c1N=C1C2C(=O)N(CCOC)C(=O)N1C. The normalized spacial score (nSPS) is 19.7. The van der Waals surface area contributed by atoms with Crippen molar-refractivity contribution in [2.75, 3.05) is 27.3 Å². The van der Waals surface area contributed by atoms with Gasteiger partial charge in [-0.1, -0.05) is 18.3 Å². The fourth-order valence-corrected chi connectivity index (χ4v) is 3.21. The summed E-state index contributed by atoms with van der Waals surface area (Å²) in [4.78, 5) is 32.7. The Hall–Kier alpha value is -2.22. The predicted molar refractivity (Wildman–Crippen MR) is 87.2 cm³/mol. The summed E-state index contributed by atoms with van der Waals surface area (Å²) in [6.07, 6.45) is 4.07. The number of urea groups is 1. The number of carbonyl (C=O) groups excluding carboxylic acids is 2. The first-order valence-corrected chi connectivity index (χ1v) is 8.29. The Labute approximate surface area is 141 Å². The van der Waals surface area contributed by atoms with Crippen LogP contribution in [0.4, 0.5) is 10.7 Å². The second-order valence-electron chi connectivity index (χ2n) is 6.18. The van der Waals surface area contributed by atoms with E-state index in [1.54, 1.807) is 14.2 Å². The molecule has 1 unspecified atom stereocenters. The van der Waals surface area contributed by atoms with Gasteiger partial charge in [-0.05, 0) is 13.3 Å². The van der Waals surface area contributed by atoms with Gasteiger partial charge in [0.15, 0.2) is 0 Å². The van der Waals surface area contributed by atoms with Crippen LogP contribution in [0.15, 0.2) is 11.2 Å². The second-order valence-corrected chi connectivity index (χ2v) is 6.18. The fourth-order valence-electron chi connectivity index (χ4n) is 3.21. The van der Waals surface area contributed by atoms with Gasteiger partial charge in [-0.25, -0.2) is 13.9 Å². The highest BCUT2D eigenvalue weighted by Crippen LogP contribution is 2.29. The molecule has 0 radical (unpaired) electrons. The number of hydrogen-bond acceptors (Lipinski definition) is 4. The zero-order valence-electron chi connectivity index (χ0n) is 14.7. The van der Waals surface area contributed by atoms with Gasteiger partial charge < -0.3 is 4.74 Å². The lowest BCUT2D eigenvalue weighted by molar-refractivity contribution is -0.677. The third-order valence-corrected chi connectivity index (χ3v) is 4.58. The molecule has 3 heterocycles. The third kappa shape index (κ3) is 2.41. The van der Waals surface area contributed by atoms with Gasteiger partial charge in [-0.3, -0.25) is 14.6 Å². The molecule has 0 aliphatic carbocycles. The first-order chi connectivity index (χ1) is 11.5. The standard InChI is InChI=1S/C16H24N5O3/c1-5-6-7-19-11(2)10-21-12-13(17-15(19)21)18(3)16(23)20(14(12)22)8-9-24-4/h10,12H,5-9H2,1-4H3/q+1. The Morgan fingerprint density at radius 1 is 1.33 bits per heavy atom. The van der Waals surface area contributed by atoms with Gasteiger partial charge >= 0.3 is 12.0 Å². The lowest BCUT2D eigenvalue weighted by atomic mass is 10.1. The Kier molecular flexibility index (Phi) is 4.40. The van der Waals surface area contributed by atoms with E-state index in [-0.39, 0.29) is 18.5 Å². The number of unbranched alkanes of at least 4 members (excludes halogenated alkanes) is 1. The molecule has 1 aromatic rings. The predicted octanol–water partition coefficient (Wildman–Crippen LogP) is 1.01. The van der Waals surface area contributed by atoms with E-state index in [1.807, 2.05) is 17.7 Å². The first-order valence-electron chi connectivity index (χ1n) is 8.29. The second kappa shape index (κ2) is 6.35. The van der Waals surface area contributed by atoms with Gasteiger partial charge in [0.05, 0.1) is 19.7 Å². The van der Waals surface area contributed by atoms with Crippen molar-refractivity contribution in [3.63, 3.8) is 0 Å². The monoisotopic (exact) mass is 334 g/mol. The van der Waals surface area contributed by atoms with E-state index in [2.05, 4.69) is 16.5 Å². The van der Waals surface area contributed by atoms with E-state index >= 15 is 0 Å². The van der Waals surface area contributed by atoms with Crippen LogP contribution in [-0.2, 0) is 16.1 Å². The summed E-state index contributed by atoms with van der Waals surface area (Å²) in [6, 6.07) is -0.921. The number of fused-ring (bicyclic) bond motifs is 3. The number of methoxy groups -OCH3 is 1. The quantitative estimate of drug-likeness (QED) is 0.729. The molecule has 0 N–H and O–H groups in total. The van der Waals surface area contributed by atoms with Crippen LogP contribution in [-0.4, -0.2) is 59.4 Å². The summed E-state index contributed by atoms with van der Waals surface area (Å²) >= 11 is 0. The van der Waals surface area contributed by atoms with E-state index in [4.69, 9.17) is 4.74 Å². The molecular formula is C16H24N5O3+. The van der Waals surface area contributed by atoms with Gasteiger partial charge in [0.1, 0.15) is 11.9 Å². The van der Waals surface area contributed by atoms with E-state index in [0.29, 0.717) is 12.4 Å². The molecule has 2 aliphatic rings. The lowest BCUT2D eigenvalue weighted by Crippen LogP contribution is -2.63. The minimum atomic E-state index is -0.568. The number of nitrogens with zero attached hydrogens (tertiary/aromatic N) is 5.